The first-order valence-electron chi connectivity index (χ1n) is 7.11. The summed E-state index contributed by atoms with van der Waals surface area (Å²) in [6.45, 7) is -0.338. The van der Waals surface area contributed by atoms with E-state index in [0.29, 0.717) is 21.2 Å². The van der Waals surface area contributed by atoms with Crippen LogP contribution in [0.15, 0.2) is 48.5 Å². The number of fused-ring (bicyclic) bond motifs is 1. The number of ether oxygens (including phenoxy) is 2. The molecule has 0 fully saturated rings. The molecule has 0 radical (unpaired) electrons. The smallest absolute Gasteiger partial charge is 0.348 e. The maximum absolute atomic E-state index is 12.1. The third-order valence-electron chi connectivity index (χ3n) is 3.43. The fourth-order valence-electron chi connectivity index (χ4n) is 2.21. The van der Waals surface area contributed by atoms with Crippen molar-refractivity contribution in [3.8, 4) is 5.75 Å². The van der Waals surface area contributed by atoms with Gasteiger partial charge >= 0.3 is 5.97 Å². The SMILES string of the molecule is COc1ccc(C(=O)COC(=O)c2cc3ccccc3s2)cc1Cl. The number of ketones is 1. The second-order valence-electron chi connectivity index (χ2n) is 5.00. The minimum absolute atomic E-state index is 0.325. The normalized spacial score (nSPS) is 10.6. The average Bonchev–Trinajstić information content (AvgIpc) is 3.03. The quantitative estimate of drug-likeness (QED) is 0.492. The number of benzene rings is 2. The summed E-state index contributed by atoms with van der Waals surface area (Å²) in [5, 5.41) is 1.31. The van der Waals surface area contributed by atoms with Crippen LogP contribution in [0.2, 0.25) is 5.02 Å². The lowest BCUT2D eigenvalue weighted by Gasteiger charge is -2.06. The van der Waals surface area contributed by atoms with Crippen molar-refractivity contribution in [2.45, 2.75) is 0 Å². The van der Waals surface area contributed by atoms with Crippen LogP contribution in [-0.4, -0.2) is 25.5 Å². The molecule has 0 saturated heterocycles. The molecular weight excluding hydrogens is 348 g/mol. The lowest BCUT2D eigenvalue weighted by molar-refractivity contribution is 0.0479. The third-order valence-corrected chi connectivity index (χ3v) is 4.83. The number of hydrogen-bond donors (Lipinski definition) is 0. The number of hydrogen-bond acceptors (Lipinski definition) is 5. The zero-order valence-corrected chi connectivity index (χ0v) is 14.3. The van der Waals surface area contributed by atoms with E-state index in [1.807, 2.05) is 24.3 Å². The first-order chi connectivity index (χ1) is 11.6. The molecule has 3 aromatic rings. The molecule has 0 N–H and O–H groups in total. The summed E-state index contributed by atoms with van der Waals surface area (Å²) < 4.78 is 11.2. The Bertz CT molecular complexity index is 883. The van der Waals surface area contributed by atoms with E-state index in [4.69, 9.17) is 21.1 Å². The highest BCUT2D eigenvalue weighted by Crippen LogP contribution is 2.27. The number of carbonyl (C=O) groups is 2. The molecule has 6 heteroatoms. The molecule has 1 aromatic heterocycles. The minimum atomic E-state index is -0.510. The number of halogens is 1. The van der Waals surface area contributed by atoms with E-state index < -0.39 is 5.97 Å². The van der Waals surface area contributed by atoms with Crippen LogP contribution in [-0.2, 0) is 4.74 Å². The minimum Gasteiger partial charge on any atom is -0.495 e. The molecule has 0 aliphatic heterocycles. The van der Waals surface area contributed by atoms with Gasteiger partial charge in [0.1, 0.15) is 10.6 Å². The van der Waals surface area contributed by atoms with Gasteiger partial charge in [0.2, 0.25) is 0 Å². The Hall–Kier alpha value is -2.37. The highest BCUT2D eigenvalue weighted by molar-refractivity contribution is 7.20. The molecule has 0 atom stereocenters. The van der Waals surface area contributed by atoms with Crippen molar-refractivity contribution in [1.29, 1.82) is 0 Å². The highest BCUT2D eigenvalue weighted by atomic mass is 35.5. The van der Waals surface area contributed by atoms with Crippen molar-refractivity contribution < 1.29 is 19.1 Å². The molecule has 24 heavy (non-hydrogen) atoms. The summed E-state index contributed by atoms with van der Waals surface area (Å²) in [5.41, 5.74) is 0.366. The summed E-state index contributed by atoms with van der Waals surface area (Å²) >= 11 is 7.33. The van der Waals surface area contributed by atoms with Crippen molar-refractivity contribution in [2.75, 3.05) is 13.7 Å². The van der Waals surface area contributed by atoms with Crippen LogP contribution >= 0.6 is 22.9 Å². The predicted octanol–water partition coefficient (Wildman–Crippen LogP) is 4.60. The van der Waals surface area contributed by atoms with Gasteiger partial charge in [-0.25, -0.2) is 4.79 Å². The van der Waals surface area contributed by atoms with Gasteiger partial charge < -0.3 is 9.47 Å². The van der Waals surface area contributed by atoms with E-state index in [1.165, 1.54) is 24.5 Å². The Balaban J connectivity index is 1.67. The molecule has 0 saturated carbocycles. The number of rotatable bonds is 5. The Morgan fingerprint density at radius 2 is 1.92 bits per heavy atom. The van der Waals surface area contributed by atoms with Crippen molar-refractivity contribution in [1.82, 2.24) is 0 Å². The fraction of sp³-hybridized carbons (Fsp3) is 0.111. The summed E-state index contributed by atoms with van der Waals surface area (Å²) in [5.74, 6) is -0.353. The molecule has 2 aromatic carbocycles. The van der Waals surface area contributed by atoms with Gasteiger partial charge in [-0.2, -0.15) is 0 Å². The van der Waals surface area contributed by atoms with E-state index in [9.17, 15) is 9.59 Å². The Kier molecular flexibility index (Phi) is 4.83. The lowest BCUT2D eigenvalue weighted by Crippen LogP contribution is -2.13. The molecule has 0 spiro atoms. The van der Waals surface area contributed by atoms with Crippen molar-refractivity contribution in [3.05, 3.63) is 64.0 Å². The van der Waals surface area contributed by atoms with Gasteiger partial charge in [0.05, 0.1) is 12.1 Å². The fourth-order valence-corrected chi connectivity index (χ4v) is 3.42. The van der Waals surface area contributed by atoms with Gasteiger partial charge in [-0.1, -0.05) is 29.8 Å². The van der Waals surface area contributed by atoms with Crippen LogP contribution < -0.4 is 4.74 Å². The van der Waals surface area contributed by atoms with Crippen LogP contribution in [0.3, 0.4) is 0 Å². The second-order valence-corrected chi connectivity index (χ2v) is 6.49. The van der Waals surface area contributed by atoms with E-state index in [2.05, 4.69) is 0 Å². The number of carbonyl (C=O) groups excluding carboxylic acids is 2. The molecule has 122 valence electrons. The Morgan fingerprint density at radius 3 is 2.62 bits per heavy atom. The van der Waals surface area contributed by atoms with Crippen LogP contribution in [0, 0.1) is 0 Å². The number of esters is 1. The predicted molar refractivity (Wildman–Crippen MR) is 94.4 cm³/mol. The molecule has 1 heterocycles. The zero-order valence-electron chi connectivity index (χ0n) is 12.7. The molecular formula is C18H13ClO4S. The third kappa shape index (κ3) is 3.42. The molecule has 0 bridgehead atoms. The summed E-state index contributed by atoms with van der Waals surface area (Å²) in [6.07, 6.45) is 0. The van der Waals surface area contributed by atoms with Gasteiger partial charge in [0, 0.05) is 10.3 Å². The van der Waals surface area contributed by atoms with E-state index in [1.54, 1.807) is 18.2 Å². The van der Waals surface area contributed by atoms with Crippen molar-refractivity contribution in [3.63, 3.8) is 0 Å². The molecule has 0 unspecified atom stereocenters. The van der Waals surface area contributed by atoms with Gasteiger partial charge in [-0.15, -0.1) is 11.3 Å². The molecule has 0 aliphatic rings. The monoisotopic (exact) mass is 360 g/mol. The lowest BCUT2D eigenvalue weighted by atomic mass is 10.1. The molecule has 4 nitrogen and oxygen atoms in total. The first-order valence-corrected chi connectivity index (χ1v) is 8.30. The Morgan fingerprint density at radius 1 is 1.12 bits per heavy atom. The van der Waals surface area contributed by atoms with E-state index in [0.717, 1.165) is 10.1 Å². The second kappa shape index (κ2) is 7.03. The van der Waals surface area contributed by atoms with Gasteiger partial charge in [-0.3, -0.25) is 4.79 Å². The number of methoxy groups -OCH3 is 1. The topological polar surface area (TPSA) is 52.6 Å². The van der Waals surface area contributed by atoms with Gasteiger partial charge in [0.15, 0.2) is 12.4 Å². The van der Waals surface area contributed by atoms with E-state index >= 15 is 0 Å². The van der Waals surface area contributed by atoms with Crippen molar-refractivity contribution in [2.24, 2.45) is 0 Å². The number of Topliss-reactive ketones (excluding diaryl/α,β-unsaturated/α-hetero) is 1. The van der Waals surface area contributed by atoms with Gasteiger partial charge in [0.25, 0.3) is 0 Å². The maximum Gasteiger partial charge on any atom is 0.348 e. The summed E-state index contributed by atoms with van der Waals surface area (Å²) in [4.78, 5) is 24.7. The van der Waals surface area contributed by atoms with Gasteiger partial charge in [-0.05, 0) is 35.7 Å². The molecule has 0 aliphatic carbocycles. The average molecular weight is 361 g/mol. The van der Waals surface area contributed by atoms with Crippen LogP contribution in [0.1, 0.15) is 20.0 Å². The van der Waals surface area contributed by atoms with Crippen LogP contribution in [0.4, 0.5) is 0 Å². The number of thiophene rings is 1. The first kappa shape index (κ1) is 16.5. The maximum atomic E-state index is 12.1. The van der Waals surface area contributed by atoms with Crippen molar-refractivity contribution >= 4 is 44.8 Å². The zero-order chi connectivity index (χ0) is 17.1. The molecule has 0 amide bonds. The van der Waals surface area contributed by atoms with Crippen LogP contribution in [0.25, 0.3) is 10.1 Å². The highest BCUT2D eigenvalue weighted by Gasteiger charge is 2.15. The molecule has 3 rings (SSSR count). The van der Waals surface area contributed by atoms with Crippen LogP contribution in [0.5, 0.6) is 5.75 Å². The summed E-state index contributed by atoms with van der Waals surface area (Å²) in [7, 11) is 1.50. The Labute approximate surface area is 147 Å². The largest absolute Gasteiger partial charge is 0.495 e. The van der Waals surface area contributed by atoms with E-state index in [-0.39, 0.29) is 12.4 Å². The standard InChI is InChI=1S/C18H13ClO4S/c1-22-15-7-6-11(8-13(15)19)14(20)10-23-18(21)17-9-12-4-2-3-5-16(12)24-17/h2-9H,10H2,1H3. The summed E-state index contributed by atoms with van der Waals surface area (Å²) in [6, 6.07) is 14.1.